The highest BCUT2D eigenvalue weighted by molar-refractivity contribution is 6.00. The first-order chi connectivity index (χ1) is 9.02. The summed E-state index contributed by atoms with van der Waals surface area (Å²) in [5, 5.41) is 11.0. The van der Waals surface area contributed by atoms with E-state index < -0.39 is 4.92 Å². The molecule has 102 valence electrons. The summed E-state index contributed by atoms with van der Waals surface area (Å²) < 4.78 is 0. The van der Waals surface area contributed by atoms with Gasteiger partial charge in [-0.3, -0.25) is 14.9 Å². The molecule has 6 nitrogen and oxygen atoms in total. The van der Waals surface area contributed by atoms with Crippen LogP contribution in [0.1, 0.15) is 36.0 Å². The van der Waals surface area contributed by atoms with E-state index in [1.165, 1.54) is 12.1 Å². The standard InChI is InChI=1S/C13H17N3O3/c1-15(9-5-2-3-6-9)13(17)10-7-4-8-11(14)12(10)16(18)19/h4,7-9H,2-3,5-6,14H2,1H3. The van der Waals surface area contributed by atoms with Crippen molar-refractivity contribution in [1.82, 2.24) is 4.90 Å². The molecule has 0 aliphatic heterocycles. The van der Waals surface area contributed by atoms with Crippen molar-refractivity contribution in [2.24, 2.45) is 0 Å². The van der Waals surface area contributed by atoms with E-state index in [0.29, 0.717) is 0 Å². The highest BCUT2D eigenvalue weighted by Crippen LogP contribution is 2.29. The number of amides is 1. The quantitative estimate of drug-likeness (QED) is 0.514. The number of benzene rings is 1. The van der Waals surface area contributed by atoms with Crippen LogP contribution in [0.4, 0.5) is 11.4 Å². The fraction of sp³-hybridized carbons (Fsp3) is 0.462. The molecular weight excluding hydrogens is 246 g/mol. The summed E-state index contributed by atoms with van der Waals surface area (Å²) in [4.78, 5) is 24.4. The number of nitrogen functional groups attached to an aromatic ring is 1. The Kier molecular flexibility index (Phi) is 3.69. The highest BCUT2D eigenvalue weighted by Gasteiger charge is 2.29. The number of carbonyl (C=O) groups excluding carboxylic acids is 1. The van der Waals surface area contributed by atoms with Crippen molar-refractivity contribution >= 4 is 17.3 Å². The van der Waals surface area contributed by atoms with Gasteiger partial charge in [-0.25, -0.2) is 0 Å². The van der Waals surface area contributed by atoms with E-state index in [0.717, 1.165) is 25.7 Å². The van der Waals surface area contributed by atoms with Crippen molar-refractivity contribution in [3.05, 3.63) is 33.9 Å². The van der Waals surface area contributed by atoms with Crippen molar-refractivity contribution in [3.63, 3.8) is 0 Å². The second kappa shape index (κ2) is 5.26. The van der Waals surface area contributed by atoms with Crippen LogP contribution in [0, 0.1) is 10.1 Å². The van der Waals surface area contributed by atoms with Crippen LogP contribution in [0.2, 0.25) is 0 Å². The van der Waals surface area contributed by atoms with Gasteiger partial charge in [0.2, 0.25) is 0 Å². The average Bonchev–Trinajstić information content (AvgIpc) is 2.90. The Labute approximate surface area is 111 Å². The second-order valence-electron chi connectivity index (χ2n) is 4.85. The van der Waals surface area contributed by atoms with E-state index in [1.54, 1.807) is 18.0 Å². The normalized spacial score (nSPS) is 15.4. The zero-order chi connectivity index (χ0) is 14.0. The number of nitrogens with two attached hydrogens (primary N) is 1. The fourth-order valence-electron chi connectivity index (χ4n) is 2.59. The first kappa shape index (κ1) is 13.3. The van der Waals surface area contributed by atoms with Crippen LogP contribution < -0.4 is 5.73 Å². The lowest BCUT2D eigenvalue weighted by Crippen LogP contribution is -2.35. The molecule has 0 aromatic heterocycles. The molecule has 0 bridgehead atoms. The highest BCUT2D eigenvalue weighted by atomic mass is 16.6. The van der Waals surface area contributed by atoms with Crippen molar-refractivity contribution in [3.8, 4) is 0 Å². The maximum Gasteiger partial charge on any atom is 0.304 e. The second-order valence-corrected chi connectivity index (χ2v) is 4.85. The maximum absolute atomic E-state index is 12.4. The largest absolute Gasteiger partial charge is 0.393 e. The van der Waals surface area contributed by atoms with Crippen molar-refractivity contribution in [1.29, 1.82) is 0 Å². The van der Waals surface area contributed by atoms with Crippen LogP contribution in [0.5, 0.6) is 0 Å². The lowest BCUT2D eigenvalue weighted by Gasteiger charge is -2.24. The van der Waals surface area contributed by atoms with Gasteiger partial charge in [0.15, 0.2) is 0 Å². The first-order valence-corrected chi connectivity index (χ1v) is 6.32. The number of hydrogen-bond donors (Lipinski definition) is 1. The van der Waals surface area contributed by atoms with Crippen LogP contribution in [0.25, 0.3) is 0 Å². The van der Waals surface area contributed by atoms with Gasteiger partial charge in [-0.2, -0.15) is 0 Å². The van der Waals surface area contributed by atoms with Gasteiger partial charge in [0.1, 0.15) is 11.3 Å². The minimum absolute atomic E-state index is 0.0238. The Bertz CT molecular complexity index is 510. The molecule has 19 heavy (non-hydrogen) atoms. The van der Waals surface area contributed by atoms with E-state index in [-0.39, 0.29) is 28.9 Å². The molecule has 1 amide bonds. The molecule has 1 fully saturated rings. The zero-order valence-electron chi connectivity index (χ0n) is 10.8. The third-order valence-electron chi connectivity index (χ3n) is 3.67. The molecule has 2 N–H and O–H groups in total. The Morgan fingerprint density at radius 1 is 1.42 bits per heavy atom. The lowest BCUT2D eigenvalue weighted by atomic mass is 10.1. The van der Waals surface area contributed by atoms with Gasteiger partial charge in [0.25, 0.3) is 5.91 Å². The summed E-state index contributed by atoms with van der Waals surface area (Å²) in [6, 6.07) is 4.64. The number of nitro benzene ring substituents is 1. The van der Waals surface area contributed by atoms with Crippen LogP contribution in [0.15, 0.2) is 18.2 Å². The summed E-state index contributed by atoms with van der Waals surface area (Å²) in [5.41, 5.74) is 5.40. The van der Waals surface area contributed by atoms with E-state index in [9.17, 15) is 14.9 Å². The minimum Gasteiger partial charge on any atom is -0.393 e. The van der Waals surface area contributed by atoms with Crippen LogP contribution >= 0.6 is 0 Å². The van der Waals surface area contributed by atoms with Gasteiger partial charge in [-0.05, 0) is 25.0 Å². The molecule has 0 heterocycles. The predicted octanol–water partition coefficient (Wildman–Crippen LogP) is 2.19. The number of rotatable bonds is 3. The molecule has 0 atom stereocenters. The Hall–Kier alpha value is -2.11. The van der Waals surface area contributed by atoms with Crippen LogP contribution in [0.3, 0.4) is 0 Å². The number of nitrogens with zero attached hydrogens (tertiary/aromatic N) is 2. The van der Waals surface area contributed by atoms with Crippen molar-refractivity contribution in [2.75, 3.05) is 12.8 Å². The van der Waals surface area contributed by atoms with Crippen LogP contribution in [-0.4, -0.2) is 28.8 Å². The monoisotopic (exact) mass is 263 g/mol. The average molecular weight is 263 g/mol. The van der Waals surface area contributed by atoms with Gasteiger partial charge < -0.3 is 10.6 Å². The third kappa shape index (κ3) is 2.52. The molecule has 1 aromatic carbocycles. The van der Waals surface area contributed by atoms with E-state index >= 15 is 0 Å². The van der Waals surface area contributed by atoms with Gasteiger partial charge in [0, 0.05) is 13.1 Å². The minimum atomic E-state index is -0.592. The predicted molar refractivity (Wildman–Crippen MR) is 71.9 cm³/mol. The lowest BCUT2D eigenvalue weighted by molar-refractivity contribution is -0.384. The summed E-state index contributed by atoms with van der Waals surface area (Å²) in [6.07, 6.45) is 4.11. The molecule has 0 spiro atoms. The van der Waals surface area contributed by atoms with Crippen molar-refractivity contribution in [2.45, 2.75) is 31.7 Å². The number of hydrogen-bond acceptors (Lipinski definition) is 4. The third-order valence-corrected chi connectivity index (χ3v) is 3.67. The molecule has 6 heteroatoms. The van der Waals surface area contributed by atoms with E-state index in [1.807, 2.05) is 0 Å². The molecular formula is C13H17N3O3. The molecule has 2 rings (SSSR count). The first-order valence-electron chi connectivity index (χ1n) is 6.32. The molecule has 0 saturated heterocycles. The molecule has 1 aliphatic carbocycles. The molecule has 1 aliphatic rings. The maximum atomic E-state index is 12.4. The number of anilines is 1. The topological polar surface area (TPSA) is 89.5 Å². The number of nitro groups is 1. The summed E-state index contributed by atoms with van der Waals surface area (Å²) in [6.45, 7) is 0. The van der Waals surface area contributed by atoms with E-state index in [2.05, 4.69) is 0 Å². The summed E-state index contributed by atoms with van der Waals surface area (Å²) in [5.74, 6) is -0.328. The fourth-order valence-corrected chi connectivity index (χ4v) is 2.59. The smallest absolute Gasteiger partial charge is 0.304 e. The van der Waals surface area contributed by atoms with Gasteiger partial charge in [0.05, 0.1) is 4.92 Å². The Morgan fingerprint density at radius 2 is 2.05 bits per heavy atom. The molecule has 0 radical (unpaired) electrons. The molecule has 1 saturated carbocycles. The molecule has 1 aromatic rings. The Morgan fingerprint density at radius 3 is 2.63 bits per heavy atom. The van der Waals surface area contributed by atoms with Gasteiger partial charge in [-0.1, -0.05) is 18.9 Å². The van der Waals surface area contributed by atoms with Crippen molar-refractivity contribution < 1.29 is 9.72 Å². The number of para-hydroxylation sites is 1. The summed E-state index contributed by atoms with van der Waals surface area (Å²) >= 11 is 0. The van der Waals surface area contributed by atoms with Gasteiger partial charge >= 0.3 is 5.69 Å². The molecule has 0 unspecified atom stereocenters. The Balaban J connectivity index is 2.33. The zero-order valence-corrected chi connectivity index (χ0v) is 10.8. The summed E-state index contributed by atoms with van der Waals surface area (Å²) in [7, 11) is 1.70. The number of carbonyl (C=O) groups is 1. The SMILES string of the molecule is CN(C(=O)c1cccc(N)c1[N+](=O)[O-])C1CCCC1. The van der Waals surface area contributed by atoms with Gasteiger partial charge in [-0.15, -0.1) is 0 Å². The van der Waals surface area contributed by atoms with E-state index in [4.69, 9.17) is 5.73 Å². The van der Waals surface area contributed by atoms with Crippen LogP contribution in [-0.2, 0) is 0 Å².